The molecule has 1 atom stereocenters. The summed E-state index contributed by atoms with van der Waals surface area (Å²) < 4.78 is 1.19. The Labute approximate surface area is 200 Å². The molecule has 0 radical (unpaired) electrons. The molecule has 0 saturated carbocycles. The van der Waals surface area contributed by atoms with Gasteiger partial charge in [-0.1, -0.05) is 78.9 Å². The van der Waals surface area contributed by atoms with Crippen LogP contribution in [0.4, 0.5) is 0 Å². The number of halogens is 1. The quantitative estimate of drug-likeness (QED) is 0.311. The third-order valence-electron chi connectivity index (χ3n) is 6.79. The number of rotatable bonds is 1. The van der Waals surface area contributed by atoms with Crippen LogP contribution in [0.25, 0.3) is 17.7 Å². The molecule has 1 unspecified atom stereocenters. The second-order valence-corrected chi connectivity index (χ2v) is 9.69. The average Bonchev–Trinajstić information content (AvgIpc) is 3.40. The van der Waals surface area contributed by atoms with Crippen LogP contribution in [0.2, 0.25) is 0 Å². The number of nitrogens with zero attached hydrogens (tertiary/aromatic N) is 2. The molecule has 3 aromatic carbocycles. The van der Waals surface area contributed by atoms with Gasteiger partial charge in [-0.15, -0.1) is 5.10 Å². The molecule has 1 aliphatic heterocycles. The van der Waals surface area contributed by atoms with Crippen molar-refractivity contribution in [3.63, 3.8) is 0 Å². The van der Waals surface area contributed by atoms with E-state index in [1.54, 1.807) is 0 Å². The van der Waals surface area contributed by atoms with E-state index in [0.29, 0.717) is 0 Å². The lowest BCUT2D eigenvalue weighted by molar-refractivity contribution is 0.798. The second-order valence-electron chi connectivity index (χ2n) is 8.45. The minimum atomic E-state index is -0.483. The average molecular weight is 520 g/mol. The second kappa shape index (κ2) is 6.59. The summed E-state index contributed by atoms with van der Waals surface area (Å²) in [5.74, 6) is 0. The molecular weight excluding hydrogens is 503 g/mol. The van der Waals surface area contributed by atoms with Crippen molar-refractivity contribution in [2.45, 2.75) is 0 Å². The van der Waals surface area contributed by atoms with Crippen LogP contribution in [0.1, 0.15) is 27.8 Å². The predicted molar refractivity (Wildman–Crippen MR) is 141 cm³/mol. The summed E-state index contributed by atoms with van der Waals surface area (Å²) in [7, 11) is 0. The summed E-state index contributed by atoms with van der Waals surface area (Å²) in [5.41, 5.74) is 11.3. The van der Waals surface area contributed by atoms with Crippen LogP contribution < -0.4 is 0 Å². The largest absolute Gasteiger partial charge is 0.153 e. The molecule has 1 heterocycles. The summed E-state index contributed by atoms with van der Waals surface area (Å²) in [6, 6.07) is 25.7. The molecule has 3 heteroatoms. The Morgan fingerprint density at radius 2 is 1.47 bits per heavy atom. The molecule has 7 rings (SSSR count). The van der Waals surface area contributed by atoms with Crippen LogP contribution >= 0.6 is 22.6 Å². The van der Waals surface area contributed by atoms with Crippen LogP contribution in [-0.4, -0.2) is 11.4 Å². The van der Waals surface area contributed by atoms with Crippen molar-refractivity contribution in [3.8, 4) is 0 Å². The van der Waals surface area contributed by atoms with Crippen molar-refractivity contribution in [2.24, 2.45) is 15.6 Å². The van der Waals surface area contributed by atoms with Gasteiger partial charge in [-0.3, -0.25) is 0 Å². The van der Waals surface area contributed by atoms with E-state index >= 15 is 0 Å². The standard InChI is InChI=1S/C29H17IN2/c30-21-10-5-9-20(15-21)28-29(26-17-19-8-2-4-12-23(19)27(26)31-32-28)14-6-13-24-22-11-3-1-7-18(22)16-25(24)29/h1-17H. The van der Waals surface area contributed by atoms with Crippen LogP contribution in [0, 0.1) is 8.99 Å². The van der Waals surface area contributed by atoms with E-state index < -0.39 is 5.41 Å². The topological polar surface area (TPSA) is 24.7 Å². The minimum Gasteiger partial charge on any atom is -0.153 e. The number of fused-ring (bicyclic) bond motifs is 8. The lowest BCUT2D eigenvalue weighted by atomic mass is 9.63. The summed E-state index contributed by atoms with van der Waals surface area (Å²) in [4.78, 5) is 0. The molecule has 0 aromatic heterocycles. The highest BCUT2D eigenvalue weighted by Gasteiger charge is 2.50. The lowest BCUT2D eigenvalue weighted by Crippen LogP contribution is -2.39. The van der Waals surface area contributed by atoms with E-state index in [1.807, 2.05) is 0 Å². The fourth-order valence-electron chi connectivity index (χ4n) is 5.42. The Morgan fingerprint density at radius 1 is 0.719 bits per heavy atom. The molecule has 4 aliphatic rings. The maximum atomic E-state index is 4.92. The van der Waals surface area contributed by atoms with E-state index in [-0.39, 0.29) is 0 Å². The first-order valence-corrected chi connectivity index (χ1v) is 11.8. The molecule has 0 N–H and O–H groups in total. The maximum absolute atomic E-state index is 4.92. The molecule has 1 spiro atoms. The van der Waals surface area contributed by atoms with Crippen LogP contribution in [0.5, 0.6) is 0 Å². The third kappa shape index (κ3) is 2.34. The summed E-state index contributed by atoms with van der Waals surface area (Å²) in [6.07, 6.45) is 11.4. The van der Waals surface area contributed by atoms with Crippen molar-refractivity contribution in [1.82, 2.24) is 0 Å². The summed E-state index contributed by atoms with van der Waals surface area (Å²) in [6.45, 7) is 0. The normalized spacial score (nSPS) is 21.6. The van der Waals surface area contributed by atoms with Gasteiger partial charge in [0.25, 0.3) is 0 Å². The highest BCUT2D eigenvalue weighted by Crippen LogP contribution is 2.56. The van der Waals surface area contributed by atoms with Gasteiger partial charge in [0.2, 0.25) is 0 Å². The third-order valence-corrected chi connectivity index (χ3v) is 7.46. The smallest absolute Gasteiger partial charge is 0.0983 e. The first-order chi connectivity index (χ1) is 15.8. The number of allylic oxidation sites excluding steroid dienone is 6. The molecule has 0 saturated heterocycles. The first kappa shape index (κ1) is 18.3. The molecule has 3 aromatic rings. The molecule has 32 heavy (non-hydrogen) atoms. The Kier molecular flexibility index (Phi) is 3.77. The van der Waals surface area contributed by atoms with Gasteiger partial charge < -0.3 is 0 Å². The Morgan fingerprint density at radius 3 is 2.31 bits per heavy atom. The maximum Gasteiger partial charge on any atom is 0.0983 e. The Hall–Kier alpha value is -3.31. The zero-order valence-corrected chi connectivity index (χ0v) is 19.2. The zero-order valence-electron chi connectivity index (χ0n) is 17.1. The van der Waals surface area contributed by atoms with E-state index in [2.05, 4.69) is 126 Å². The van der Waals surface area contributed by atoms with Gasteiger partial charge in [0.15, 0.2) is 0 Å². The van der Waals surface area contributed by atoms with Crippen molar-refractivity contribution in [2.75, 3.05) is 0 Å². The zero-order chi connectivity index (χ0) is 21.3. The van der Waals surface area contributed by atoms with Gasteiger partial charge in [-0.25, -0.2) is 0 Å². The van der Waals surface area contributed by atoms with Gasteiger partial charge in [-0.05, 0) is 74.7 Å². The lowest BCUT2D eigenvalue weighted by Gasteiger charge is -2.39. The van der Waals surface area contributed by atoms with E-state index in [4.69, 9.17) is 10.2 Å². The summed E-state index contributed by atoms with van der Waals surface area (Å²) in [5, 5.41) is 9.71. The van der Waals surface area contributed by atoms with Gasteiger partial charge in [0.1, 0.15) is 0 Å². The van der Waals surface area contributed by atoms with Crippen molar-refractivity contribution in [3.05, 3.63) is 134 Å². The van der Waals surface area contributed by atoms with Crippen LogP contribution in [-0.2, 0) is 0 Å². The van der Waals surface area contributed by atoms with Crippen molar-refractivity contribution < 1.29 is 0 Å². The SMILES string of the molecule is Ic1cccc(C2=NN=C3C(=Cc4ccccc43)C23C=CC=C2C3=Cc3ccccc32)c1. The Bertz CT molecular complexity index is 1510. The highest BCUT2D eigenvalue weighted by atomic mass is 127. The molecule has 2 nitrogen and oxygen atoms in total. The number of hydrogen-bond donors (Lipinski definition) is 0. The Balaban J connectivity index is 1.54. The first-order valence-electron chi connectivity index (χ1n) is 10.7. The molecular formula is C29H17IN2. The molecule has 0 fully saturated rings. The van der Waals surface area contributed by atoms with E-state index in [9.17, 15) is 0 Å². The number of benzene rings is 3. The van der Waals surface area contributed by atoms with Gasteiger partial charge >= 0.3 is 0 Å². The van der Waals surface area contributed by atoms with Crippen LogP contribution in [0.3, 0.4) is 0 Å². The molecule has 150 valence electrons. The molecule has 3 aliphatic carbocycles. The van der Waals surface area contributed by atoms with E-state index in [1.165, 1.54) is 37.0 Å². The molecule has 0 amide bonds. The monoisotopic (exact) mass is 520 g/mol. The van der Waals surface area contributed by atoms with Crippen molar-refractivity contribution in [1.29, 1.82) is 0 Å². The number of hydrogen-bond acceptors (Lipinski definition) is 2. The van der Waals surface area contributed by atoms with Gasteiger partial charge in [-0.2, -0.15) is 5.10 Å². The fourth-order valence-corrected chi connectivity index (χ4v) is 5.96. The van der Waals surface area contributed by atoms with Gasteiger partial charge in [0.05, 0.1) is 16.8 Å². The molecule has 0 bridgehead atoms. The van der Waals surface area contributed by atoms with Crippen LogP contribution in [0.15, 0.2) is 112 Å². The highest BCUT2D eigenvalue weighted by molar-refractivity contribution is 14.1. The van der Waals surface area contributed by atoms with E-state index in [0.717, 1.165) is 22.6 Å². The van der Waals surface area contributed by atoms with Gasteiger partial charge in [0, 0.05) is 20.3 Å². The summed E-state index contributed by atoms with van der Waals surface area (Å²) >= 11 is 2.37. The fraction of sp³-hybridized carbons (Fsp3) is 0.0345. The predicted octanol–water partition coefficient (Wildman–Crippen LogP) is 6.93. The van der Waals surface area contributed by atoms with Crippen molar-refractivity contribution >= 4 is 51.7 Å². The minimum absolute atomic E-state index is 0.483.